The van der Waals surface area contributed by atoms with Crippen molar-refractivity contribution in [3.05, 3.63) is 47.2 Å². The van der Waals surface area contributed by atoms with Crippen molar-refractivity contribution in [1.82, 2.24) is 10.0 Å². The third-order valence-corrected chi connectivity index (χ3v) is 7.75. The molecule has 0 bridgehead atoms. The van der Waals surface area contributed by atoms with Gasteiger partial charge in [0.05, 0.1) is 11.6 Å². The van der Waals surface area contributed by atoms with Crippen molar-refractivity contribution in [2.45, 2.75) is 110 Å². The topological polar surface area (TPSA) is 118 Å². The molecule has 8 nitrogen and oxygen atoms in total. The summed E-state index contributed by atoms with van der Waals surface area (Å²) in [4.78, 5) is 39.2. The third-order valence-electron chi connectivity index (χ3n) is 7.75. The van der Waals surface area contributed by atoms with Crippen LogP contribution in [0.2, 0.25) is 0 Å². The zero-order chi connectivity index (χ0) is 28.8. The summed E-state index contributed by atoms with van der Waals surface area (Å²) in [6, 6.07) is 7.50. The molecule has 0 spiro atoms. The number of carbonyl (C=O) groups is 3. The highest BCUT2D eigenvalue weighted by molar-refractivity contribution is 6.11. The van der Waals surface area contributed by atoms with Gasteiger partial charge in [-0.3, -0.25) is 9.59 Å². The summed E-state index contributed by atoms with van der Waals surface area (Å²) >= 11 is 0. The Bertz CT molecular complexity index is 947. The first-order chi connectivity index (χ1) is 18.8. The molecule has 218 valence electrons. The van der Waals surface area contributed by atoms with Crippen molar-refractivity contribution >= 4 is 17.9 Å². The molecule has 1 atom stereocenters. The zero-order valence-electron chi connectivity index (χ0n) is 24.0. The van der Waals surface area contributed by atoms with E-state index in [-0.39, 0.29) is 0 Å². The van der Waals surface area contributed by atoms with Crippen LogP contribution in [0.15, 0.2) is 41.6 Å². The maximum atomic E-state index is 13.1. The van der Waals surface area contributed by atoms with Crippen LogP contribution in [0.5, 0.6) is 0 Å². The van der Waals surface area contributed by atoms with Gasteiger partial charge in [-0.05, 0) is 31.2 Å². The van der Waals surface area contributed by atoms with Gasteiger partial charge in [0, 0.05) is 18.8 Å². The lowest BCUT2D eigenvalue weighted by molar-refractivity contribution is -0.182. The van der Waals surface area contributed by atoms with E-state index in [1.165, 1.54) is 0 Å². The van der Waals surface area contributed by atoms with E-state index in [1.54, 1.807) is 30.3 Å². The lowest BCUT2D eigenvalue weighted by Gasteiger charge is -2.53. The molecule has 0 aliphatic carbocycles. The van der Waals surface area contributed by atoms with Gasteiger partial charge in [0.1, 0.15) is 0 Å². The number of aliphatic carboxylic acids is 3. The number of hydrazine groups is 1. The van der Waals surface area contributed by atoms with Crippen LogP contribution in [-0.2, 0) is 14.4 Å². The minimum atomic E-state index is -2.65. The normalized spacial score (nSPS) is 17.4. The van der Waals surface area contributed by atoms with Crippen molar-refractivity contribution in [2.75, 3.05) is 13.1 Å². The average Bonchev–Trinajstić information content (AvgIpc) is 2.91. The van der Waals surface area contributed by atoms with E-state index in [9.17, 15) is 29.7 Å². The second-order valence-electron chi connectivity index (χ2n) is 10.6. The smallest absolute Gasteiger partial charge is 0.335 e. The minimum absolute atomic E-state index is 0.324. The van der Waals surface area contributed by atoms with Crippen LogP contribution in [0.25, 0.3) is 0 Å². The molecule has 39 heavy (non-hydrogen) atoms. The van der Waals surface area contributed by atoms with Gasteiger partial charge < -0.3 is 20.3 Å². The van der Waals surface area contributed by atoms with E-state index in [0.717, 1.165) is 70.6 Å². The monoisotopic (exact) mass is 544 g/mol. The first-order valence-corrected chi connectivity index (χ1v) is 14.8. The predicted octanol–water partition coefficient (Wildman–Crippen LogP) is 6.89. The fraction of sp³-hybridized carbons (Fsp3) is 0.645. The summed E-state index contributed by atoms with van der Waals surface area (Å²) in [5, 5.41) is 35.7. The summed E-state index contributed by atoms with van der Waals surface area (Å²) in [5.74, 6) is -4.76. The van der Waals surface area contributed by atoms with E-state index >= 15 is 0 Å². The van der Waals surface area contributed by atoms with Gasteiger partial charge in [0.25, 0.3) is 0 Å². The maximum Gasteiger partial charge on any atom is 0.335 e. The number of rotatable bonds is 19. The number of allylic oxidation sites excluding steroid dienone is 1. The van der Waals surface area contributed by atoms with Crippen LogP contribution in [0.3, 0.4) is 0 Å². The Morgan fingerprint density at radius 1 is 0.718 bits per heavy atom. The molecule has 0 amide bonds. The summed E-state index contributed by atoms with van der Waals surface area (Å²) in [5.41, 5.74) is -2.34. The Kier molecular flexibility index (Phi) is 13.5. The number of hydrogen-bond acceptors (Lipinski definition) is 5. The SMILES string of the molecule is CCCCCCC1=C(C(=O)O)C(C(=O)O)(C(=O)O)C(c2ccccc2)N(CCCCCC)N1CCCCCC. The molecule has 1 unspecified atom stereocenters. The van der Waals surface area contributed by atoms with Crippen LogP contribution in [-0.4, -0.2) is 56.3 Å². The maximum absolute atomic E-state index is 13.1. The molecule has 3 N–H and O–H groups in total. The highest BCUT2D eigenvalue weighted by atomic mass is 16.4. The Balaban J connectivity index is 2.84. The van der Waals surface area contributed by atoms with Crippen LogP contribution in [0.4, 0.5) is 0 Å². The fourth-order valence-electron chi connectivity index (χ4n) is 5.78. The Labute approximate surface area is 233 Å². The fourth-order valence-corrected chi connectivity index (χ4v) is 5.78. The van der Waals surface area contributed by atoms with Gasteiger partial charge in [0.15, 0.2) is 0 Å². The molecule has 0 aromatic heterocycles. The zero-order valence-corrected chi connectivity index (χ0v) is 24.0. The summed E-state index contributed by atoms with van der Waals surface area (Å²) in [6.07, 6.45) is 11.4. The standard InChI is InChI=1S/C31H48N2O6/c1-4-7-10-16-21-25-26(28(34)35)31(29(36)37,30(38)39)27(24-19-14-13-15-20-24)33(23-18-12-9-6-3)32(25)22-17-11-8-5-2/h13-15,19-20,27H,4-12,16-18,21-23H2,1-3H3,(H,34,35)(H,36,37)(H,38,39). The van der Waals surface area contributed by atoms with E-state index in [0.29, 0.717) is 37.2 Å². The number of carboxylic acid groups (broad SMARTS) is 3. The van der Waals surface area contributed by atoms with Gasteiger partial charge in [-0.15, -0.1) is 0 Å². The van der Waals surface area contributed by atoms with Crippen LogP contribution < -0.4 is 0 Å². The number of carboxylic acids is 3. The summed E-state index contributed by atoms with van der Waals surface area (Å²) in [6.45, 7) is 7.30. The van der Waals surface area contributed by atoms with E-state index in [1.807, 2.05) is 10.0 Å². The van der Waals surface area contributed by atoms with Crippen molar-refractivity contribution < 1.29 is 29.7 Å². The number of unbranched alkanes of at least 4 members (excludes halogenated alkanes) is 9. The highest BCUT2D eigenvalue weighted by Gasteiger charge is 2.65. The molecule has 1 aliphatic rings. The predicted molar refractivity (Wildman–Crippen MR) is 152 cm³/mol. The van der Waals surface area contributed by atoms with Gasteiger partial charge in [0.2, 0.25) is 5.41 Å². The molecule has 0 saturated heterocycles. The van der Waals surface area contributed by atoms with Crippen molar-refractivity contribution in [2.24, 2.45) is 5.41 Å². The van der Waals surface area contributed by atoms with Gasteiger partial charge >= 0.3 is 17.9 Å². The Morgan fingerprint density at radius 3 is 1.72 bits per heavy atom. The van der Waals surface area contributed by atoms with Crippen LogP contribution in [0, 0.1) is 5.41 Å². The quantitative estimate of drug-likeness (QED) is 0.127. The molecular weight excluding hydrogens is 496 g/mol. The van der Waals surface area contributed by atoms with Crippen molar-refractivity contribution in [1.29, 1.82) is 0 Å². The largest absolute Gasteiger partial charge is 0.480 e. The van der Waals surface area contributed by atoms with Crippen LogP contribution in [0.1, 0.15) is 116 Å². The summed E-state index contributed by atoms with van der Waals surface area (Å²) in [7, 11) is 0. The van der Waals surface area contributed by atoms with Crippen LogP contribution >= 0.6 is 0 Å². The molecule has 1 aromatic rings. The lowest BCUT2D eigenvalue weighted by atomic mass is 9.68. The number of hydrogen-bond donors (Lipinski definition) is 3. The first kappa shape index (κ1) is 32.3. The molecule has 1 heterocycles. The molecule has 8 heteroatoms. The molecular formula is C31H48N2O6. The molecule has 1 aromatic carbocycles. The molecule has 0 saturated carbocycles. The highest BCUT2D eigenvalue weighted by Crippen LogP contribution is 2.52. The van der Waals surface area contributed by atoms with Gasteiger partial charge in [-0.2, -0.15) is 0 Å². The number of nitrogens with zero attached hydrogens (tertiary/aromatic N) is 2. The van der Waals surface area contributed by atoms with Gasteiger partial charge in [-0.1, -0.05) is 109 Å². The third kappa shape index (κ3) is 7.62. The van der Waals surface area contributed by atoms with E-state index in [2.05, 4.69) is 20.8 Å². The molecule has 0 fully saturated rings. The molecule has 0 radical (unpaired) electrons. The number of benzene rings is 1. The first-order valence-electron chi connectivity index (χ1n) is 14.8. The molecule has 2 rings (SSSR count). The Hall–Kier alpha value is -2.87. The second kappa shape index (κ2) is 16.3. The van der Waals surface area contributed by atoms with Crippen molar-refractivity contribution in [3.63, 3.8) is 0 Å². The van der Waals surface area contributed by atoms with Crippen molar-refractivity contribution in [3.8, 4) is 0 Å². The van der Waals surface area contributed by atoms with Gasteiger partial charge in [-0.25, -0.2) is 9.80 Å². The summed E-state index contributed by atoms with van der Waals surface area (Å²) < 4.78 is 0. The minimum Gasteiger partial charge on any atom is -0.480 e. The average molecular weight is 545 g/mol. The Morgan fingerprint density at radius 2 is 1.23 bits per heavy atom. The lowest BCUT2D eigenvalue weighted by Crippen LogP contribution is -2.62. The molecule has 1 aliphatic heterocycles. The van der Waals surface area contributed by atoms with E-state index < -0.39 is 34.9 Å². The second-order valence-corrected chi connectivity index (χ2v) is 10.6. The van der Waals surface area contributed by atoms with E-state index in [4.69, 9.17) is 0 Å².